The lowest BCUT2D eigenvalue weighted by atomic mass is 10.1. The maximum Gasteiger partial charge on any atom is 0.0713 e. The van der Waals surface area contributed by atoms with Crippen LogP contribution >= 0.6 is 0 Å². The molecule has 0 saturated heterocycles. The van der Waals surface area contributed by atoms with E-state index in [9.17, 15) is 0 Å². The Kier molecular flexibility index (Phi) is 5.37. The van der Waals surface area contributed by atoms with Crippen molar-refractivity contribution < 1.29 is 9.47 Å². The summed E-state index contributed by atoms with van der Waals surface area (Å²) in [6, 6.07) is 16.2. The van der Waals surface area contributed by atoms with Crippen molar-refractivity contribution in [3.8, 4) is 11.8 Å². The minimum atomic E-state index is 0.634. The Balaban J connectivity index is 2.05. The first kappa shape index (κ1) is 14.3. The van der Waals surface area contributed by atoms with Gasteiger partial charge in [0.25, 0.3) is 0 Å². The fourth-order valence-corrected chi connectivity index (χ4v) is 1.85. The second kappa shape index (κ2) is 7.49. The molecule has 102 valence electrons. The Hall–Kier alpha value is -2.08. The van der Waals surface area contributed by atoms with Gasteiger partial charge < -0.3 is 9.47 Å². The fourth-order valence-electron chi connectivity index (χ4n) is 1.85. The van der Waals surface area contributed by atoms with Crippen LogP contribution in [-0.2, 0) is 22.7 Å². The standard InChI is InChI=1S/C18H18O2/c1-19-13-17-9-5-15(6-10-17)3-4-16-7-11-18(12-8-16)14-20-2/h5-12H,13-14H2,1-2H3. The van der Waals surface area contributed by atoms with Gasteiger partial charge in [0.1, 0.15) is 0 Å². The van der Waals surface area contributed by atoms with E-state index in [1.807, 2.05) is 48.5 Å². The molecule has 20 heavy (non-hydrogen) atoms. The zero-order chi connectivity index (χ0) is 14.2. The van der Waals surface area contributed by atoms with Crippen LogP contribution < -0.4 is 0 Å². The molecule has 0 radical (unpaired) electrons. The zero-order valence-corrected chi connectivity index (χ0v) is 11.8. The average molecular weight is 266 g/mol. The molecule has 0 unspecified atom stereocenters. The van der Waals surface area contributed by atoms with E-state index in [4.69, 9.17) is 9.47 Å². The van der Waals surface area contributed by atoms with Crippen LogP contribution in [-0.4, -0.2) is 14.2 Å². The minimum absolute atomic E-state index is 0.634. The van der Waals surface area contributed by atoms with Crippen molar-refractivity contribution >= 4 is 0 Å². The highest BCUT2D eigenvalue weighted by Crippen LogP contribution is 2.06. The molecule has 0 amide bonds. The Bertz CT molecular complexity index is 533. The topological polar surface area (TPSA) is 18.5 Å². The summed E-state index contributed by atoms with van der Waals surface area (Å²) in [4.78, 5) is 0. The predicted molar refractivity (Wildman–Crippen MR) is 80.3 cm³/mol. The van der Waals surface area contributed by atoms with Crippen LogP contribution in [0, 0.1) is 11.8 Å². The van der Waals surface area contributed by atoms with Gasteiger partial charge in [-0.15, -0.1) is 0 Å². The van der Waals surface area contributed by atoms with Crippen molar-refractivity contribution in [2.24, 2.45) is 0 Å². The molecular weight excluding hydrogens is 248 g/mol. The Morgan fingerprint density at radius 3 is 1.30 bits per heavy atom. The van der Waals surface area contributed by atoms with E-state index in [0.29, 0.717) is 13.2 Å². The summed E-state index contributed by atoms with van der Waals surface area (Å²) in [6.07, 6.45) is 0. The van der Waals surface area contributed by atoms with Crippen LogP contribution in [0.2, 0.25) is 0 Å². The van der Waals surface area contributed by atoms with Crippen LogP contribution in [0.1, 0.15) is 22.3 Å². The van der Waals surface area contributed by atoms with Crippen molar-refractivity contribution in [3.63, 3.8) is 0 Å². The first-order valence-electron chi connectivity index (χ1n) is 6.49. The highest BCUT2D eigenvalue weighted by Gasteiger charge is 1.93. The van der Waals surface area contributed by atoms with Crippen molar-refractivity contribution in [2.75, 3.05) is 14.2 Å². The van der Waals surface area contributed by atoms with Gasteiger partial charge in [-0.3, -0.25) is 0 Å². The van der Waals surface area contributed by atoms with Gasteiger partial charge in [0.2, 0.25) is 0 Å². The van der Waals surface area contributed by atoms with Crippen LogP contribution in [0.4, 0.5) is 0 Å². The maximum atomic E-state index is 5.08. The smallest absolute Gasteiger partial charge is 0.0713 e. The minimum Gasteiger partial charge on any atom is -0.380 e. The molecule has 2 aromatic carbocycles. The fraction of sp³-hybridized carbons (Fsp3) is 0.222. The summed E-state index contributed by atoms with van der Waals surface area (Å²) in [5.41, 5.74) is 4.32. The summed E-state index contributed by atoms with van der Waals surface area (Å²) >= 11 is 0. The molecule has 0 saturated carbocycles. The molecule has 2 rings (SSSR count). The highest BCUT2D eigenvalue weighted by molar-refractivity contribution is 5.43. The van der Waals surface area contributed by atoms with Gasteiger partial charge in [0.05, 0.1) is 13.2 Å². The van der Waals surface area contributed by atoms with Crippen LogP contribution in [0.25, 0.3) is 0 Å². The van der Waals surface area contributed by atoms with Crippen molar-refractivity contribution in [3.05, 3.63) is 70.8 Å². The first-order valence-corrected chi connectivity index (χ1v) is 6.49. The third-order valence-corrected chi connectivity index (χ3v) is 2.88. The number of ether oxygens (including phenoxy) is 2. The van der Waals surface area contributed by atoms with Gasteiger partial charge in [0.15, 0.2) is 0 Å². The Morgan fingerprint density at radius 1 is 0.650 bits per heavy atom. The van der Waals surface area contributed by atoms with Gasteiger partial charge in [-0.05, 0) is 35.4 Å². The summed E-state index contributed by atoms with van der Waals surface area (Å²) in [7, 11) is 3.39. The monoisotopic (exact) mass is 266 g/mol. The Morgan fingerprint density at radius 2 is 1.00 bits per heavy atom. The molecule has 0 spiro atoms. The maximum absolute atomic E-state index is 5.08. The third-order valence-electron chi connectivity index (χ3n) is 2.88. The van der Waals surface area contributed by atoms with Crippen LogP contribution in [0.3, 0.4) is 0 Å². The lowest BCUT2D eigenvalue weighted by molar-refractivity contribution is 0.185. The van der Waals surface area contributed by atoms with Crippen LogP contribution in [0.15, 0.2) is 48.5 Å². The summed E-state index contributed by atoms with van der Waals surface area (Å²) < 4.78 is 10.2. The molecule has 0 N–H and O–H groups in total. The second-order valence-corrected chi connectivity index (χ2v) is 4.51. The molecule has 0 aromatic heterocycles. The van der Waals surface area contributed by atoms with E-state index in [-0.39, 0.29) is 0 Å². The quantitative estimate of drug-likeness (QED) is 0.790. The summed E-state index contributed by atoms with van der Waals surface area (Å²) in [5, 5.41) is 0. The largest absolute Gasteiger partial charge is 0.380 e. The molecule has 0 aliphatic heterocycles. The number of rotatable bonds is 4. The van der Waals surface area contributed by atoms with E-state index in [2.05, 4.69) is 11.8 Å². The van der Waals surface area contributed by atoms with Gasteiger partial charge in [-0.25, -0.2) is 0 Å². The lowest BCUT2D eigenvalue weighted by Gasteiger charge is -1.99. The van der Waals surface area contributed by atoms with Gasteiger partial charge in [0, 0.05) is 25.3 Å². The molecule has 2 nitrogen and oxygen atoms in total. The van der Waals surface area contributed by atoms with E-state index in [1.54, 1.807) is 14.2 Å². The molecule has 0 fully saturated rings. The predicted octanol–water partition coefficient (Wildman–Crippen LogP) is 3.38. The average Bonchev–Trinajstić information content (AvgIpc) is 2.49. The number of hydrogen-bond acceptors (Lipinski definition) is 2. The van der Waals surface area contributed by atoms with Gasteiger partial charge in [-0.1, -0.05) is 36.1 Å². The van der Waals surface area contributed by atoms with Crippen molar-refractivity contribution in [1.29, 1.82) is 0 Å². The second-order valence-electron chi connectivity index (χ2n) is 4.51. The van der Waals surface area contributed by atoms with E-state index < -0.39 is 0 Å². The number of hydrogen-bond donors (Lipinski definition) is 0. The van der Waals surface area contributed by atoms with E-state index >= 15 is 0 Å². The van der Waals surface area contributed by atoms with Gasteiger partial charge >= 0.3 is 0 Å². The van der Waals surface area contributed by atoms with E-state index in [1.165, 1.54) is 0 Å². The molecule has 0 bridgehead atoms. The molecule has 0 aliphatic carbocycles. The van der Waals surface area contributed by atoms with E-state index in [0.717, 1.165) is 22.3 Å². The lowest BCUT2D eigenvalue weighted by Crippen LogP contribution is -1.87. The molecular formula is C18H18O2. The first-order chi connectivity index (χ1) is 9.81. The SMILES string of the molecule is COCc1ccc(C#Cc2ccc(COC)cc2)cc1. The summed E-state index contributed by atoms with van der Waals surface area (Å²) in [5.74, 6) is 6.32. The normalized spacial score (nSPS) is 9.90. The summed E-state index contributed by atoms with van der Waals surface area (Å²) in [6.45, 7) is 1.27. The third kappa shape index (κ3) is 4.24. The highest BCUT2D eigenvalue weighted by atomic mass is 16.5. The molecule has 2 aromatic rings. The van der Waals surface area contributed by atoms with Gasteiger partial charge in [-0.2, -0.15) is 0 Å². The van der Waals surface area contributed by atoms with Crippen LogP contribution in [0.5, 0.6) is 0 Å². The van der Waals surface area contributed by atoms with Crippen molar-refractivity contribution in [2.45, 2.75) is 13.2 Å². The van der Waals surface area contributed by atoms with Crippen molar-refractivity contribution in [1.82, 2.24) is 0 Å². The molecule has 0 heterocycles. The number of methoxy groups -OCH3 is 2. The molecule has 0 aliphatic rings. The number of benzene rings is 2. The Labute approximate surface area is 120 Å². The molecule has 2 heteroatoms. The molecule has 0 atom stereocenters. The zero-order valence-electron chi connectivity index (χ0n) is 11.8.